The van der Waals surface area contributed by atoms with Crippen LogP contribution in [0.25, 0.3) is 0 Å². The second-order valence-corrected chi connectivity index (χ2v) is 7.44. The van der Waals surface area contributed by atoms with Crippen molar-refractivity contribution in [2.24, 2.45) is 5.92 Å². The molecule has 2 amide bonds. The van der Waals surface area contributed by atoms with Crippen LogP contribution < -0.4 is 5.32 Å². The van der Waals surface area contributed by atoms with Crippen molar-refractivity contribution in [3.63, 3.8) is 0 Å². The van der Waals surface area contributed by atoms with Crippen molar-refractivity contribution in [3.05, 3.63) is 63.6 Å². The number of halogens is 2. The first-order valence-electron chi connectivity index (χ1n) is 8.60. The molecule has 0 radical (unpaired) electrons. The van der Waals surface area contributed by atoms with E-state index in [0.29, 0.717) is 32.8 Å². The number of amides is 2. The first kappa shape index (κ1) is 18.7. The summed E-state index contributed by atoms with van der Waals surface area (Å²) in [7, 11) is 0. The monoisotopic (exact) mass is 390 g/mol. The largest absolute Gasteiger partial charge is 0.338 e. The van der Waals surface area contributed by atoms with E-state index in [-0.39, 0.29) is 11.8 Å². The van der Waals surface area contributed by atoms with Gasteiger partial charge in [0, 0.05) is 24.2 Å². The summed E-state index contributed by atoms with van der Waals surface area (Å²) in [6, 6.07) is 11.7. The Bertz CT molecular complexity index is 818. The van der Waals surface area contributed by atoms with Crippen LogP contribution in [0.4, 0.5) is 5.69 Å². The van der Waals surface area contributed by atoms with Crippen molar-refractivity contribution < 1.29 is 9.59 Å². The quantitative estimate of drug-likeness (QED) is 0.790. The van der Waals surface area contributed by atoms with E-state index in [2.05, 4.69) is 12.2 Å². The Kier molecular flexibility index (Phi) is 5.84. The number of para-hydroxylation sites is 1. The third-order valence-corrected chi connectivity index (χ3v) is 5.15. The number of hydrogen-bond donors (Lipinski definition) is 1. The fraction of sp³-hybridized carbons (Fsp3) is 0.300. The summed E-state index contributed by atoms with van der Waals surface area (Å²) in [5.74, 6) is 0.102. The van der Waals surface area contributed by atoms with Crippen LogP contribution in [0.1, 0.15) is 40.5 Å². The molecule has 1 atom stereocenters. The van der Waals surface area contributed by atoms with Crippen LogP contribution in [-0.4, -0.2) is 29.8 Å². The fourth-order valence-corrected chi connectivity index (χ4v) is 3.64. The predicted molar refractivity (Wildman–Crippen MR) is 105 cm³/mol. The van der Waals surface area contributed by atoms with E-state index in [4.69, 9.17) is 23.2 Å². The lowest BCUT2D eigenvalue weighted by atomic mass is 9.99. The van der Waals surface area contributed by atoms with Crippen LogP contribution in [-0.2, 0) is 0 Å². The van der Waals surface area contributed by atoms with Gasteiger partial charge in [-0.25, -0.2) is 0 Å². The molecular formula is C20H20Cl2N2O2. The van der Waals surface area contributed by atoms with E-state index in [1.54, 1.807) is 42.5 Å². The molecule has 0 spiro atoms. The molecule has 6 heteroatoms. The first-order chi connectivity index (χ1) is 12.5. The molecular weight excluding hydrogens is 371 g/mol. The predicted octanol–water partition coefficient (Wildman–Crippen LogP) is 5.12. The molecule has 0 saturated carbocycles. The van der Waals surface area contributed by atoms with Gasteiger partial charge in [0.25, 0.3) is 11.8 Å². The zero-order valence-electron chi connectivity index (χ0n) is 14.5. The SMILES string of the molecule is CC1CCCN(C(=O)c2cccc(C(=O)Nc3c(Cl)cccc3Cl)c2)C1. The number of anilines is 1. The third kappa shape index (κ3) is 4.19. The minimum atomic E-state index is -0.360. The second kappa shape index (κ2) is 8.11. The number of rotatable bonds is 3. The Morgan fingerprint density at radius 2 is 1.73 bits per heavy atom. The molecule has 4 nitrogen and oxygen atoms in total. The minimum absolute atomic E-state index is 0.0398. The van der Waals surface area contributed by atoms with Crippen molar-refractivity contribution in [3.8, 4) is 0 Å². The molecule has 136 valence electrons. The Hall–Kier alpha value is -2.04. The van der Waals surface area contributed by atoms with Gasteiger partial charge < -0.3 is 10.2 Å². The normalized spacial score (nSPS) is 17.0. The molecule has 0 bridgehead atoms. The number of nitrogens with one attached hydrogen (secondary N) is 1. The van der Waals surface area contributed by atoms with Gasteiger partial charge in [0.1, 0.15) is 0 Å². The smallest absolute Gasteiger partial charge is 0.255 e. The summed E-state index contributed by atoms with van der Waals surface area (Å²) in [6.07, 6.45) is 2.16. The van der Waals surface area contributed by atoms with E-state index in [1.807, 2.05) is 4.90 Å². The van der Waals surface area contributed by atoms with E-state index in [1.165, 1.54) is 0 Å². The molecule has 1 unspecified atom stereocenters. The first-order valence-corrected chi connectivity index (χ1v) is 9.36. The summed E-state index contributed by atoms with van der Waals surface area (Å²) in [6.45, 7) is 3.66. The zero-order valence-corrected chi connectivity index (χ0v) is 16.0. The fourth-order valence-electron chi connectivity index (χ4n) is 3.15. The van der Waals surface area contributed by atoms with E-state index >= 15 is 0 Å². The number of benzene rings is 2. The molecule has 1 saturated heterocycles. The van der Waals surface area contributed by atoms with Gasteiger partial charge in [0.05, 0.1) is 15.7 Å². The van der Waals surface area contributed by atoms with Crippen LogP contribution in [0.15, 0.2) is 42.5 Å². The van der Waals surface area contributed by atoms with Crippen LogP contribution >= 0.6 is 23.2 Å². The van der Waals surface area contributed by atoms with Gasteiger partial charge in [-0.2, -0.15) is 0 Å². The molecule has 1 aliphatic rings. The van der Waals surface area contributed by atoms with Gasteiger partial charge in [-0.1, -0.05) is 42.3 Å². The van der Waals surface area contributed by atoms with Gasteiger partial charge in [0.2, 0.25) is 0 Å². The average molecular weight is 391 g/mol. The summed E-state index contributed by atoms with van der Waals surface area (Å²) >= 11 is 12.2. The molecule has 1 aliphatic heterocycles. The van der Waals surface area contributed by atoms with Crippen LogP contribution in [0.2, 0.25) is 10.0 Å². The maximum Gasteiger partial charge on any atom is 0.255 e. The molecule has 2 aromatic carbocycles. The van der Waals surface area contributed by atoms with Crippen LogP contribution in [0.5, 0.6) is 0 Å². The number of piperidine rings is 1. The van der Waals surface area contributed by atoms with Gasteiger partial charge in [-0.15, -0.1) is 0 Å². The molecule has 2 aromatic rings. The van der Waals surface area contributed by atoms with Crippen molar-refractivity contribution in [1.29, 1.82) is 0 Å². The summed E-state index contributed by atoms with van der Waals surface area (Å²) in [5.41, 5.74) is 1.26. The van der Waals surface area contributed by atoms with Gasteiger partial charge in [-0.3, -0.25) is 9.59 Å². The van der Waals surface area contributed by atoms with Crippen molar-refractivity contribution in [1.82, 2.24) is 4.90 Å². The van der Waals surface area contributed by atoms with Crippen molar-refractivity contribution in [2.45, 2.75) is 19.8 Å². The zero-order chi connectivity index (χ0) is 18.7. The summed E-state index contributed by atoms with van der Waals surface area (Å²) in [5, 5.41) is 3.44. The second-order valence-electron chi connectivity index (χ2n) is 6.63. The molecule has 0 aliphatic carbocycles. The van der Waals surface area contributed by atoms with Gasteiger partial charge in [-0.05, 0) is 49.1 Å². The number of likely N-dealkylation sites (tertiary alicyclic amines) is 1. The van der Waals surface area contributed by atoms with Gasteiger partial charge in [0.15, 0.2) is 0 Å². The lowest BCUT2D eigenvalue weighted by molar-refractivity contribution is 0.0683. The molecule has 1 N–H and O–H groups in total. The number of nitrogens with zero attached hydrogens (tertiary/aromatic N) is 1. The maximum absolute atomic E-state index is 12.7. The molecule has 26 heavy (non-hydrogen) atoms. The lowest BCUT2D eigenvalue weighted by Gasteiger charge is -2.31. The van der Waals surface area contributed by atoms with Crippen LogP contribution in [0, 0.1) is 5.92 Å². The minimum Gasteiger partial charge on any atom is -0.338 e. The topological polar surface area (TPSA) is 49.4 Å². The number of carbonyl (C=O) groups is 2. The highest BCUT2D eigenvalue weighted by molar-refractivity contribution is 6.40. The standard InChI is InChI=1S/C20H20Cl2N2O2/c1-13-5-4-10-24(12-13)20(26)15-7-2-6-14(11-15)19(25)23-18-16(21)8-3-9-17(18)22/h2-3,6-9,11,13H,4-5,10,12H2,1H3,(H,23,25). The van der Waals surface area contributed by atoms with Gasteiger partial charge >= 0.3 is 0 Å². The van der Waals surface area contributed by atoms with Crippen LogP contribution in [0.3, 0.4) is 0 Å². The highest BCUT2D eigenvalue weighted by atomic mass is 35.5. The van der Waals surface area contributed by atoms with E-state index in [9.17, 15) is 9.59 Å². The summed E-state index contributed by atoms with van der Waals surface area (Å²) < 4.78 is 0. The Balaban J connectivity index is 1.78. The average Bonchev–Trinajstić information content (AvgIpc) is 2.64. The maximum atomic E-state index is 12.7. The molecule has 1 fully saturated rings. The Morgan fingerprint density at radius 3 is 2.42 bits per heavy atom. The summed E-state index contributed by atoms with van der Waals surface area (Å²) in [4.78, 5) is 27.2. The van der Waals surface area contributed by atoms with Crippen molar-refractivity contribution in [2.75, 3.05) is 18.4 Å². The third-order valence-electron chi connectivity index (χ3n) is 4.52. The van der Waals surface area contributed by atoms with E-state index in [0.717, 1.165) is 25.9 Å². The number of carbonyl (C=O) groups excluding carboxylic acids is 2. The molecule has 0 aromatic heterocycles. The highest BCUT2D eigenvalue weighted by Gasteiger charge is 2.22. The van der Waals surface area contributed by atoms with Crippen molar-refractivity contribution >= 4 is 40.7 Å². The Morgan fingerprint density at radius 1 is 1.08 bits per heavy atom. The number of hydrogen-bond acceptors (Lipinski definition) is 2. The van der Waals surface area contributed by atoms with E-state index < -0.39 is 0 Å². The lowest BCUT2D eigenvalue weighted by Crippen LogP contribution is -2.39. The molecule has 1 heterocycles. The Labute approximate surface area is 163 Å². The molecule has 3 rings (SSSR count). The highest BCUT2D eigenvalue weighted by Crippen LogP contribution is 2.30.